The minimum Gasteiger partial charge on any atom is -0.459 e. The molecule has 1 unspecified atom stereocenters. The van der Waals surface area contributed by atoms with Gasteiger partial charge >= 0.3 is 5.97 Å². The van der Waals surface area contributed by atoms with Crippen LogP contribution in [0.1, 0.15) is 39.7 Å². The number of hydrogen-bond acceptors (Lipinski definition) is 4. The molecule has 1 aromatic carbocycles. The van der Waals surface area contributed by atoms with Crippen LogP contribution in [0.3, 0.4) is 0 Å². The molecule has 2 rings (SSSR count). The normalized spacial score (nSPS) is 22.7. The molecule has 4 nitrogen and oxygen atoms in total. The van der Waals surface area contributed by atoms with E-state index in [1.165, 1.54) is 5.56 Å². The highest BCUT2D eigenvalue weighted by molar-refractivity contribution is 5.72. The number of nitrogens with zero attached hydrogens (tertiary/aromatic N) is 1. The van der Waals surface area contributed by atoms with Crippen molar-refractivity contribution >= 4 is 5.97 Å². The largest absolute Gasteiger partial charge is 0.459 e. The summed E-state index contributed by atoms with van der Waals surface area (Å²) < 4.78 is 5.35. The lowest BCUT2D eigenvalue weighted by atomic mass is 10.0. The Morgan fingerprint density at radius 3 is 2.64 bits per heavy atom. The van der Waals surface area contributed by atoms with E-state index in [-0.39, 0.29) is 18.1 Å². The molecule has 0 spiro atoms. The molecule has 1 fully saturated rings. The number of benzene rings is 1. The second-order valence-corrected chi connectivity index (χ2v) is 7.45. The molecule has 1 aromatic rings. The summed E-state index contributed by atoms with van der Waals surface area (Å²) in [6.07, 6.45) is 1.04. The summed E-state index contributed by atoms with van der Waals surface area (Å²) in [6.45, 7) is 11.1. The minimum absolute atomic E-state index is 0.0221. The van der Waals surface area contributed by atoms with Gasteiger partial charge in [0.1, 0.15) is 5.60 Å². The van der Waals surface area contributed by atoms with Gasteiger partial charge in [0.2, 0.25) is 0 Å². The van der Waals surface area contributed by atoms with Gasteiger partial charge in [-0.2, -0.15) is 0 Å². The molecule has 1 heterocycles. The molecule has 1 aliphatic rings. The Bertz CT molecular complexity index is 496. The zero-order valence-corrected chi connectivity index (χ0v) is 14.2. The highest BCUT2D eigenvalue weighted by atomic mass is 16.6. The predicted octanol–water partition coefficient (Wildman–Crippen LogP) is 2.58. The highest BCUT2D eigenvalue weighted by Crippen LogP contribution is 2.22. The summed E-state index contributed by atoms with van der Waals surface area (Å²) >= 11 is 0. The Hall–Kier alpha value is -1.39. The van der Waals surface area contributed by atoms with Crippen molar-refractivity contribution in [3.63, 3.8) is 0 Å². The number of esters is 1. The topological polar surface area (TPSA) is 41.6 Å². The van der Waals surface area contributed by atoms with Crippen LogP contribution >= 0.6 is 0 Å². The van der Waals surface area contributed by atoms with Crippen LogP contribution in [0.15, 0.2) is 30.3 Å². The second-order valence-electron chi connectivity index (χ2n) is 7.45. The van der Waals surface area contributed by atoms with Crippen LogP contribution < -0.4 is 5.32 Å². The molecule has 0 aromatic heterocycles. The van der Waals surface area contributed by atoms with E-state index in [2.05, 4.69) is 41.4 Å². The molecule has 0 bridgehead atoms. The number of carbonyl (C=O) groups is 1. The van der Waals surface area contributed by atoms with E-state index in [0.717, 1.165) is 26.1 Å². The molecule has 1 aliphatic heterocycles. The Morgan fingerprint density at radius 2 is 2.00 bits per heavy atom. The Morgan fingerprint density at radius 1 is 1.32 bits per heavy atom. The molecule has 0 saturated carbocycles. The van der Waals surface area contributed by atoms with Crippen LogP contribution in [0.25, 0.3) is 0 Å². The van der Waals surface area contributed by atoms with E-state index in [1.807, 2.05) is 26.8 Å². The van der Waals surface area contributed by atoms with Crippen LogP contribution in [0, 0.1) is 0 Å². The molecule has 0 amide bonds. The molecular weight excluding hydrogens is 276 g/mol. The van der Waals surface area contributed by atoms with E-state index in [9.17, 15) is 4.79 Å². The van der Waals surface area contributed by atoms with Crippen molar-refractivity contribution < 1.29 is 9.53 Å². The maximum atomic E-state index is 11.8. The zero-order chi connectivity index (χ0) is 16.2. The van der Waals surface area contributed by atoms with Crippen molar-refractivity contribution in [1.29, 1.82) is 0 Å². The summed E-state index contributed by atoms with van der Waals surface area (Å²) in [4.78, 5) is 14.3. The van der Waals surface area contributed by atoms with Gasteiger partial charge in [-0.05, 0) is 39.7 Å². The third kappa shape index (κ3) is 5.43. The summed E-state index contributed by atoms with van der Waals surface area (Å²) in [5.74, 6) is -0.185. The summed E-state index contributed by atoms with van der Waals surface area (Å²) in [5.41, 5.74) is 0.888. The highest BCUT2D eigenvalue weighted by Gasteiger charge is 2.34. The fourth-order valence-electron chi connectivity index (χ4n) is 2.84. The van der Waals surface area contributed by atoms with Gasteiger partial charge in [-0.1, -0.05) is 30.3 Å². The summed E-state index contributed by atoms with van der Waals surface area (Å²) in [5, 5.41) is 3.38. The summed E-state index contributed by atoms with van der Waals surface area (Å²) in [6, 6.07) is 10.5. The maximum Gasteiger partial charge on any atom is 0.320 e. The number of likely N-dealkylation sites (tertiary alicyclic amines) is 1. The zero-order valence-electron chi connectivity index (χ0n) is 14.2. The fraction of sp³-hybridized carbons (Fsp3) is 0.611. The van der Waals surface area contributed by atoms with Gasteiger partial charge in [-0.25, -0.2) is 0 Å². The van der Waals surface area contributed by atoms with Crippen LogP contribution in [-0.4, -0.2) is 41.6 Å². The smallest absolute Gasteiger partial charge is 0.320 e. The molecule has 0 aliphatic carbocycles. The third-order valence-electron chi connectivity index (χ3n) is 3.88. The molecular formula is C18H28N2O2. The van der Waals surface area contributed by atoms with Gasteiger partial charge in [-0.3, -0.25) is 9.69 Å². The predicted molar refractivity (Wildman–Crippen MR) is 88.6 cm³/mol. The van der Waals surface area contributed by atoms with Crippen LogP contribution in [0.4, 0.5) is 0 Å². The Kier molecular flexibility index (Phi) is 5.24. The van der Waals surface area contributed by atoms with Crippen molar-refractivity contribution in [3.05, 3.63) is 35.9 Å². The van der Waals surface area contributed by atoms with Gasteiger partial charge in [0.25, 0.3) is 0 Å². The van der Waals surface area contributed by atoms with Crippen molar-refractivity contribution in [3.8, 4) is 0 Å². The standard InChI is InChI=1S/C18H28N2O2/c1-17(2,3)22-16(21)12-19-18(4)10-11-20(14-18)13-15-8-6-5-7-9-15/h5-9,19H,10-14H2,1-4H3. The molecule has 4 heteroatoms. The lowest BCUT2D eigenvalue weighted by Crippen LogP contribution is -2.47. The van der Waals surface area contributed by atoms with Crippen LogP contribution in [0.2, 0.25) is 0 Å². The van der Waals surface area contributed by atoms with E-state index >= 15 is 0 Å². The van der Waals surface area contributed by atoms with E-state index in [1.54, 1.807) is 0 Å². The molecule has 122 valence electrons. The molecule has 22 heavy (non-hydrogen) atoms. The maximum absolute atomic E-state index is 11.8. The van der Waals surface area contributed by atoms with Gasteiger partial charge in [0, 0.05) is 25.2 Å². The van der Waals surface area contributed by atoms with E-state index in [0.29, 0.717) is 0 Å². The Balaban J connectivity index is 1.79. The Labute approximate surface area is 133 Å². The average molecular weight is 304 g/mol. The van der Waals surface area contributed by atoms with E-state index < -0.39 is 5.60 Å². The molecule has 0 radical (unpaired) electrons. The lowest BCUT2D eigenvalue weighted by molar-refractivity contribution is -0.154. The van der Waals surface area contributed by atoms with Crippen molar-refractivity contribution in [2.75, 3.05) is 19.6 Å². The average Bonchev–Trinajstić information content (AvgIpc) is 2.78. The van der Waals surface area contributed by atoms with Gasteiger partial charge in [0.15, 0.2) is 0 Å². The first-order valence-electron chi connectivity index (χ1n) is 7.99. The SMILES string of the molecule is CC1(NCC(=O)OC(C)(C)C)CCN(Cc2ccccc2)C1. The molecule has 1 N–H and O–H groups in total. The monoisotopic (exact) mass is 304 g/mol. The quantitative estimate of drug-likeness (QED) is 0.849. The number of hydrogen-bond donors (Lipinski definition) is 1. The lowest BCUT2D eigenvalue weighted by Gasteiger charge is -2.27. The van der Waals surface area contributed by atoms with Crippen LogP contribution in [-0.2, 0) is 16.1 Å². The van der Waals surface area contributed by atoms with Gasteiger partial charge < -0.3 is 10.1 Å². The van der Waals surface area contributed by atoms with E-state index in [4.69, 9.17) is 4.74 Å². The van der Waals surface area contributed by atoms with Gasteiger partial charge in [-0.15, -0.1) is 0 Å². The first-order chi connectivity index (χ1) is 10.3. The van der Waals surface area contributed by atoms with Crippen molar-refractivity contribution in [2.24, 2.45) is 0 Å². The third-order valence-corrected chi connectivity index (χ3v) is 3.88. The molecule has 1 saturated heterocycles. The number of ether oxygens (including phenoxy) is 1. The van der Waals surface area contributed by atoms with Gasteiger partial charge in [0.05, 0.1) is 6.54 Å². The first kappa shape index (κ1) is 17.0. The summed E-state index contributed by atoms with van der Waals surface area (Å²) in [7, 11) is 0. The molecule has 1 atom stereocenters. The first-order valence-corrected chi connectivity index (χ1v) is 7.99. The van der Waals surface area contributed by atoms with Crippen molar-refractivity contribution in [2.45, 2.75) is 51.8 Å². The van der Waals surface area contributed by atoms with Crippen LogP contribution in [0.5, 0.6) is 0 Å². The number of carbonyl (C=O) groups excluding carboxylic acids is 1. The number of nitrogens with one attached hydrogen (secondary N) is 1. The second kappa shape index (κ2) is 6.80. The fourth-order valence-corrected chi connectivity index (χ4v) is 2.84. The van der Waals surface area contributed by atoms with Crippen molar-refractivity contribution in [1.82, 2.24) is 10.2 Å². The number of rotatable bonds is 5. The minimum atomic E-state index is -0.422.